The van der Waals surface area contributed by atoms with Crippen LogP contribution in [0.4, 0.5) is 0 Å². The summed E-state index contributed by atoms with van der Waals surface area (Å²) in [6.07, 6.45) is 2.15. The summed E-state index contributed by atoms with van der Waals surface area (Å²) in [5, 5.41) is 12.6. The number of piperidine rings is 1. The summed E-state index contributed by atoms with van der Waals surface area (Å²) in [7, 11) is 0. The van der Waals surface area contributed by atoms with Crippen LogP contribution >= 0.6 is 0 Å². The van der Waals surface area contributed by atoms with Crippen LogP contribution in [-0.4, -0.2) is 29.1 Å². The molecule has 2 N–H and O–H groups in total. The zero-order valence-electron chi connectivity index (χ0n) is 10.1. The summed E-state index contributed by atoms with van der Waals surface area (Å²) in [6, 6.07) is 5.77. The van der Waals surface area contributed by atoms with Crippen LogP contribution in [0.5, 0.6) is 0 Å². The number of carboxylic acids is 1. The summed E-state index contributed by atoms with van der Waals surface area (Å²) >= 11 is 0. The Labute approximate surface area is 101 Å². The number of hydrogen-bond acceptors (Lipinski definition) is 3. The maximum absolute atomic E-state index is 11.5. The Balaban J connectivity index is 2.20. The number of aryl methyl sites for hydroxylation is 1. The van der Waals surface area contributed by atoms with Gasteiger partial charge in [0.25, 0.3) is 0 Å². The molecule has 1 unspecified atom stereocenters. The van der Waals surface area contributed by atoms with Gasteiger partial charge < -0.3 is 10.4 Å². The number of carbonyl (C=O) groups is 1. The molecule has 2 heterocycles. The fraction of sp³-hybridized carbons (Fsp3) is 0.538. The molecule has 1 aromatic rings. The van der Waals surface area contributed by atoms with E-state index >= 15 is 0 Å². The Morgan fingerprint density at radius 2 is 2.41 bits per heavy atom. The average Bonchev–Trinajstić information content (AvgIpc) is 2.30. The van der Waals surface area contributed by atoms with Gasteiger partial charge in [0.05, 0.1) is 5.41 Å². The number of rotatable bonds is 3. The minimum atomic E-state index is -0.715. The molecule has 1 aliphatic heterocycles. The smallest absolute Gasteiger partial charge is 0.311 e. The van der Waals surface area contributed by atoms with Gasteiger partial charge in [-0.2, -0.15) is 0 Å². The van der Waals surface area contributed by atoms with E-state index in [1.54, 1.807) is 0 Å². The number of pyridine rings is 1. The standard InChI is InChI=1S/C13H18N2O2/c1-10-4-2-5-11(15-10)8-13(12(16)17)6-3-7-14-9-13/h2,4-5,14H,3,6-9H2,1H3,(H,16,17). The van der Waals surface area contributed by atoms with Crippen molar-refractivity contribution in [1.82, 2.24) is 10.3 Å². The minimum Gasteiger partial charge on any atom is -0.481 e. The van der Waals surface area contributed by atoms with Crippen LogP contribution in [0.15, 0.2) is 18.2 Å². The molecule has 1 atom stereocenters. The van der Waals surface area contributed by atoms with Crippen molar-refractivity contribution in [3.8, 4) is 0 Å². The molecule has 0 spiro atoms. The lowest BCUT2D eigenvalue weighted by Crippen LogP contribution is -2.47. The molecule has 0 aliphatic carbocycles. The van der Waals surface area contributed by atoms with E-state index in [2.05, 4.69) is 10.3 Å². The monoisotopic (exact) mass is 234 g/mol. The highest BCUT2D eigenvalue weighted by atomic mass is 16.4. The molecule has 4 heteroatoms. The number of carboxylic acid groups (broad SMARTS) is 1. The van der Waals surface area contributed by atoms with E-state index in [1.807, 2.05) is 25.1 Å². The van der Waals surface area contributed by atoms with Gasteiger partial charge in [-0.3, -0.25) is 9.78 Å². The van der Waals surface area contributed by atoms with Crippen molar-refractivity contribution in [3.05, 3.63) is 29.6 Å². The molecule has 2 rings (SSSR count). The molecule has 1 aromatic heterocycles. The van der Waals surface area contributed by atoms with Gasteiger partial charge in [0, 0.05) is 24.4 Å². The lowest BCUT2D eigenvalue weighted by Gasteiger charge is -2.33. The first-order chi connectivity index (χ1) is 8.12. The first-order valence-electron chi connectivity index (χ1n) is 5.99. The van der Waals surface area contributed by atoms with Crippen LogP contribution in [0.25, 0.3) is 0 Å². The Morgan fingerprint density at radius 3 is 3.00 bits per heavy atom. The van der Waals surface area contributed by atoms with Crippen molar-refractivity contribution in [1.29, 1.82) is 0 Å². The van der Waals surface area contributed by atoms with Crippen molar-refractivity contribution < 1.29 is 9.90 Å². The molecule has 1 fully saturated rings. The van der Waals surface area contributed by atoms with Crippen LogP contribution < -0.4 is 5.32 Å². The van der Waals surface area contributed by atoms with E-state index in [9.17, 15) is 9.90 Å². The normalized spacial score (nSPS) is 24.5. The largest absolute Gasteiger partial charge is 0.481 e. The zero-order chi connectivity index (χ0) is 12.3. The van der Waals surface area contributed by atoms with Gasteiger partial charge in [0.15, 0.2) is 0 Å². The van der Waals surface area contributed by atoms with Crippen LogP contribution in [0, 0.1) is 12.3 Å². The van der Waals surface area contributed by atoms with Gasteiger partial charge in [-0.15, -0.1) is 0 Å². The van der Waals surface area contributed by atoms with Crippen molar-refractivity contribution >= 4 is 5.97 Å². The van der Waals surface area contributed by atoms with E-state index in [0.717, 1.165) is 30.8 Å². The van der Waals surface area contributed by atoms with Crippen molar-refractivity contribution in [2.45, 2.75) is 26.2 Å². The quantitative estimate of drug-likeness (QED) is 0.829. The summed E-state index contributed by atoms with van der Waals surface area (Å²) in [5.74, 6) is -0.715. The Morgan fingerprint density at radius 1 is 1.59 bits per heavy atom. The van der Waals surface area contributed by atoms with E-state index in [1.165, 1.54) is 0 Å². The molecule has 4 nitrogen and oxygen atoms in total. The Kier molecular flexibility index (Phi) is 3.43. The topological polar surface area (TPSA) is 62.2 Å². The van der Waals surface area contributed by atoms with Crippen molar-refractivity contribution in [2.75, 3.05) is 13.1 Å². The minimum absolute atomic E-state index is 0.511. The second-order valence-corrected chi connectivity index (χ2v) is 4.81. The van der Waals surface area contributed by atoms with Crippen LogP contribution in [-0.2, 0) is 11.2 Å². The van der Waals surface area contributed by atoms with E-state index < -0.39 is 11.4 Å². The average molecular weight is 234 g/mol. The van der Waals surface area contributed by atoms with Crippen LogP contribution in [0.2, 0.25) is 0 Å². The molecule has 0 radical (unpaired) electrons. The van der Waals surface area contributed by atoms with E-state index in [0.29, 0.717) is 13.0 Å². The zero-order valence-corrected chi connectivity index (χ0v) is 10.1. The summed E-state index contributed by atoms with van der Waals surface area (Å²) in [4.78, 5) is 15.9. The molecule has 0 aromatic carbocycles. The highest BCUT2D eigenvalue weighted by Gasteiger charge is 2.40. The van der Waals surface area contributed by atoms with Gasteiger partial charge in [-0.1, -0.05) is 6.07 Å². The molecule has 0 amide bonds. The van der Waals surface area contributed by atoms with Crippen LogP contribution in [0.1, 0.15) is 24.2 Å². The maximum atomic E-state index is 11.5. The molecule has 1 aliphatic rings. The SMILES string of the molecule is Cc1cccc(CC2(C(=O)O)CCCNC2)n1. The van der Waals surface area contributed by atoms with E-state index in [4.69, 9.17) is 0 Å². The second kappa shape index (κ2) is 4.84. The van der Waals surface area contributed by atoms with Crippen LogP contribution in [0.3, 0.4) is 0 Å². The van der Waals surface area contributed by atoms with Crippen molar-refractivity contribution in [3.63, 3.8) is 0 Å². The molecule has 92 valence electrons. The predicted molar refractivity (Wildman–Crippen MR) is 64.9 cm³/mol. The summed E-state index contributed by atoms with van der Waals surface area (Å²) in [5.41, 5.74) is 1.13. The third kappa shape index (κ3) is 2.64. The number of aliphatic carboxylic acids is 1. The number of nitrogens with zero attached hydrogens (tertiary/aromatic N) is 1. The highest BCUT2D eigenvalue weighted by Crippen LogP contribution is 2.30. The fourth-order valence-corrected chi connectivity index (χ4v) is 2.42. The summed E-state index contributed by atoms with van der Waals surface area (Å²) in [6.45, 7) is 3.38. The van der Waals surface area contributed by atoms with Gasteiger partial charge in [0.1, 0.15) is 0 Å². The summed E-state index contributed by atoms with van der Waals surface area (Å²) < 4.78 is 0. The number of nitrogens with one attached hydrogen (secondary N) is 1. The number of hydrogen-bond donors (Lipinski definition) is 2. The highest BCUT2D eigenvalue weighted by molar-refractivity contribution is 5.75. The molecule has 1 saturated heterocycles. The van der Waals surface area contributed by atoms with Gasteiger partial charge in [-0.05, 0) is 38.4 Å². The van der Waals surface area contributed by atoms with Gasteiger partial charge in [0.2, 0.25) is 0 Å². The second-order valence-electron chi connectivity index (χ2n) is 4.81. The first-order valence-corrected chi connectivity index (χ1v) is 5.99. The lowest BCUT2D eigenvalue weighted by atomic mass is 9.77. The first kappa shape index (κ1) is 12.0. The van der Waals surface area contributed by atoms with E-state index in [-0.39, 0.29) is 0 Å². The molecular formula is C13H18N2O2. The molecule has 0 saturated carbocycles. The third-order valence-electron chi connectivity index (χ3n) is 3.39. The maximum Gasteiger partial charge on any atom is 0.311 e. The van der Waals surface area contributed by atoms with Gasteiger partial charge in [-0.25, -0.2) is 0 Å². The Bertz CT molecular complexity index is 412. The van der Waals surface area contributed by atoms with Crippen molar-refractivity contribution in [2.24, 2.45) is 5.41 Å². The number of aromatic nitrogens is 1. The molecule has 17 heavy (non-hydrogen) atoms. The molecule has 0 bridgehead atoms. The van der Waals surface area contributed by atoms with Gasteiger partial charge >= 0.3 is 5.97 Å². The lowest BCUT2D eigenvalue weighted by molar-refractivity contribution is -0.150. The third-order valence-corrected chi connectivity index (χ3v) is 3.39. The fourth-order valence-electron chi connectivity index (χ4n) is 2.42. The predicted octanol–water partition coefficient (Wildman–Crippen LogP) is 1.39. The molecular weight excluding hydrogens is 216 g/mol. The Hall–Kier alpha value is -1.42.